The van der Waals surface area contributed by atoms with Gasteiger partial charge in [0.15, 0.2) is 6.10 Å². The Kier molecular flexibility index (Phi) is 46.6. The van der Waals surface area contributed by atoms with Crippen LogP contribution in [0.25, 0.3) is 0 Å². The molecule has 0 aromatic rings. The van der Waals surface area contributed by atoms with Gasteiger partial charge in [-0.1, -0.05) is 266 Å². The minimum absolute atomic E-state index is 0.0634. The molecule has 0 rings (SSSR count). The third-order valence-electron chi connectivity index (χ3n) is 13.2. The first-order chi connectivity index (χ1) is 29.8. The van der Waals surface area contributed by atoms with E-state index in [1.165, 1.54) is 193 Å². The van der Waals surface area contributed by atoms with Gasteiger partial charge in [0, 0.05) is 19.3 Å². The molecule has 0 fully saturated rings. The van der Waals surface area contributed by atoms with Gasteiger partial charge in [0.25, 0.3) is 0 Å². The number of ether oxygens (including phenoxy) is 3. The van der Waals surface area contributed by atoms with Crippen molar-refractivity contribution in [2.75, 3.05) is 13.2 Å². The number of rotatable bonds is 49. The van der Waals surface area contributed by atoms with Crippen molar-refractivity contribution >= 4 is 17.9 Å². The second-order valence-corrected chi connectivity index (χ2v) is 19.4. The quantitative estimate of drug-likeness (QED) is 0.0344. The highest BCUT2D eigenvalue weighted by Crippen LogP contribution is 2.18. The van der Waals surface area contributed by atoms with Crippen LogP contribution in [0.15, 0.2) is 0 Å². The minimum Gasteiger partial charge on any atom is -0.462 e. The summed E-state index contributed by atoms with van der Waals surface area (Å²) >= 11 is 0. The highest BCUT2D eigenvalue weighted by atomic mass is 16.6. The Morgan fingerprint density at radius 2 is 0.574 bits per heavy atom. The molecule has 0 bridgehead atoms. The molecule has 0 saturated heterocycles. The molecule has 0 heterocycles. The average Bonchev–Trinajstić information content (AvgIpc) is 3.26. The van der Waals surface area contributed by atoms with Crippen molar-refractivity contribution in [2.24, 2.45) is 11.8 Å². The summed E-state index contributed by atoms with van der Waals surface area (Å²) in [5.41, 5.74) is 0. The predicted molar refractivity (Wildman–Crippen MR) is 261 cm³/mol. The minimum atomic E-state index is -0.762. The highest BCUT2D eigenvalue weighted by molar-refractivity contribution is 5.71. The Hall–Kier alpha value is -1.59. The summed E-state index contributed by atoms with van der Waals surface area (Å²) in [6.45, 7) is 11.4. The summed E-state index contributed by atoms with van der Waals surface area (Å²) in [4.78, 5) is 38.0. The largest absolute Gasteiger partial charge is 0.462 e. The molecule has 6 heteroatoms. The van der Waals surface area contributed by atoms with E-state index in [2.05, 4.69) is 34.6 Å². The van der Waals surface area contributed by atoms with Crippen molar-refractivity contribution in [1.82, 2.24) is 0 Å². The van der Waals surface area contributed by atoms with Crippen LogP contribution in [0, 0.1) is 11.8 Å². The second kappa shape index (κ2) is 47.9. The van der Waals surface area contributed by atoms with Crippen molar-refractivity contribution in [3.8, 4) is 0 Å². The number of esters is 3. The van der Waals surface area contributed by atoms with Gasteiger partial charge < -0.3 is 14.2 Å². The summed E-state index contributed by atoms with van der Waals surface area (Å²) in [7, 11) is 0. The zero-order valence-electron chi connectivity index (χ0n) is 41.8. The summed E-state index contributed by atoms with van der Waals surface area (Å²) in [5, 5.41) is 0. The molecular weight excluding hydrogens is 757 g/mol. The third kappa shape index (κ3) is 46.2. The molecule has 0 N–H and O–H groups in total. The molecule has 0 aromatic heterocycles. The molecule has 6 nitrogen and oxygen atoms in total. The van der Waals surface area contributed by atoms with E-state index in [4.69, 9.17) is 14.2 Å². The van der Waals surface area contributed by atoms with Gasteiger partial charge in [0.1, 0.15) is 13.2 Å². The molecule has 0 aliphatic carbocycles. The van der Waals surface area contributed by atoms with Crippen LogP contribution in [-0.2, 0) is 28.6 Å². The molecule has 2 unspecified atom stereocenters. The van der Waals surface area contributed by atoms with Crippen LogP contribution in [0.1, 0.15) is 304 Å². The summed E-state index contributed by atoms with van der Waals surface area (Å²) in [6, 6.07) is 0. The number of carbonyl (C=O) groups is 3. The van der Waals surface area contributed by atoms with E-state index < -0.39 is 6.10 Å². The maximum atomic E-state index is 12.8. The topological polar surface area (TPSA) is 78.9 Å². The zero-order chi connectivity index (χ0) is 44.7. The first-order valence-corrected chi connectivity index (χ1v) is 27.3. The molecule has 0 amide bonds. The lowest BCUT2D eigenvalue weighted by molar-refractivity contribution is -0.167. The van der Waals surface area contributed by atoms with Crippen molar-refractivity contribution in [3.63, 3.8) is 0 Å². The van der Waals surface area contributed by atoms with E-state index in [0.29, 0.717) is 19.3 Å². The molecule has 3 atom stereocenters. The Morgan fingerprint density at radius 1 is 0.328 bits per heavy atom. The standard InChI is InChI=1S/C55H106O6/c1-6-9-10-11-12-13-18-25-30-35-40-45-53(56)59-48-52(49-60-54(57)46-41-36-31-26-22-21-24-29-34-39-44-51(5)8-3)61-55(58)47-42-37-32-27-20-17-15-14-16-19-23-28-33-38-43-50(4)7-2/h50-52H,6-49H2,1-5H3/t50?,51?,52-/m0/s1. The Balaban J connectivity index is 4.29. The Bertz CT molecular complexity index is 935. The normalized spacial score (nSPS) is 12.9. The molecule has 0 saturated carbocycles. The van der Waals surface area contributed by atoms with Gasteiger partial charge in [-0.2, -0.15) is 0 Å². The van der Waals surface area contributed by atoms with Crippen LogP contribution < -0.4 is 0 Å². The average molecular weight is 863 g/mol. The maximum absolute atomic E-state index is 12.8. The van der Waals surface area contributed by atoms with Gasteiger partial charge in [-0.15, -0.1) is 0 Å². The fraction of sp³-hybridized carbons (Fsp3) is 0.945. The molecular formula is C55H106O6. The van der Waals surface area contributed by atoms with E-state index in [-0.39, 0.29) is 31.1 Å². The number of carbonyl (C=O) groups excluding carboxylic acids is 3. The molecule has 0 aromatic carbocycles. The number of hydrogen-bond acceptors (Lipinski definition) is 6. The highest BCUT2D eigenvalue weighted by Gasteiger charge is 2.19. The van der Waals surface area contributed by atoms with Gasteiger partial charge in [-0.25, -0.2) is 0 Å². The van der Waals surface area contributed by atoms with Crippen LogP contribution in [0.3, 0.4) is 0 Å². The van der Waals surface area contributed by atoms with Crippen LogP contribution in [0.2, 0.25) is 0 Å². The predicted octanol–water partition coefficient (Wildman–Crippen LogP) is 17.7. The first-order valence-electron chi connectivity index (χ1n) is 27.3. The number of unbranched alkanes of at least 4 members (excludes halogenated alkanes) is 32. The van der Waals surface area contributed by atoms with Gasteiger partial charge in [-0.3, -0.25) is 14.4 Å². The van der Waals surface area contributed by atoms with Crippen molar-refractivity contribution < 1.29 is 28.6 Å². The molecule has 0 aliphatic rings. The Labute approximate surface area is 380 Å². The molecule has 0 radical (unpaired) electrons. The SMILES string of the molecule is CCCCCCCCCCCCCC(=O)OC[C@@H](COC(=O)CCCCCCCCCCCCC(C)CC)OC(=O)CCCCCCCCCCCCCCCCC(C)CC. The maximum Gasteiger partial charge on any atom is 0.306 e. The van der Waals surface area contributed by atoms with Crippen molar-refractivity contribution in [2.45, 2.75) is 310 Å². The van der Waals surface area contributed by atoms with Crippen molar-refractivity contribution in [1.29, 1.82) is 0 Å². The molecule has 362 valence electrons. The lowest BCUT2D eigenvalue weighted by Crippen LogP contribution is -2.30. The third-order valence-corrected chi connectivity index (χ3v) is 13.2. The fourth-order valence-corrected chi connectivity index (χ4v) is 8.28. The lowest BCUT2D eigenvalue weighted by atomic mass is 9.99. The summed E-state index contributed by atoms with van der Waals surface area (Å²) < 4.78 is 16.8. The molecule has 0 spiro atoms. The van der Waals surface area contributed by atoms with E-state index in [0.717, 1.165) is 69.6 Å². The van der Waals surface area contributed by atoms with Gasteiger partial charge in [0.05, 0.1) is 0 Å². The molecule has 61 heavy (non-hydrogen) atoms. The smallest absolute Gasteiger partial charge is 0.306 e. The summed E-state index contributed by atoms with van der Waals surface area (Å²) in [6.07, 6.45) is 49.3. The monoisotopic (exact) mass is 863 g/mol. The van der Waals surface area contributed by atoms with Crippen molar-refractivity contribution in [3.05, 3.63) is 0 Å². The van der Waals surface area contributed by atoms with E-state index >= 15 is 0 Å². The van der Waals surface area contributed by atoms with E-state index in [9.17, 15) is 14.4 Å². The van der Waals surface area contributed by atoms with Crippen LogP contribution in [0.4, 0.5) is 0 Å². The zero-order valence-corrected chi connectivity index (χ0v) is 41.8. The fourth-order valence-electron chi connectivity index (χ4n) is 8.28. The van der Waals surface area contributed by atoms with Crippen LogP contribution >= 0.6 is 0 Å². The Morgan fingerprint density at radius 3 is 0.852 bits per heavy atom. The van der Waals surface area contributed by atoms with Crippen LogP contribution in [-0.4, -0.2) is 37.2 Å². The second-order valence-electron chi connectivity index (χ2n) is 19.4. The lowest BCUT2D eigenvalue weighted by Gasteiger charge is -2.18. The molecule has 0 aliphatic heterocycles. The van der Waals surface area contributed by atoms with Gasteiger partial charge in [-0.05, 0) is 31.1 Å². The number of hydrogen-bond donors (Lipinski definition) is 0. The van der Waals surface area contributed by atoms with Crippen LogP contribution in [0.5, 0.6) is 0 Å². The van der Waals surface area contributed by atoms with Gasteiger partial charge >= 0.3 is 17.9 Å². The van der Waals surface area contributed by atoms with E-state index in [1.807, 2.05) is 0 Å². The first kappa shape index (κ1) is 59.4. The summed E-state index contributed by atoms with van der Waals surface area (Å²) in [5.74, 6) is 0.919. The van der Waals surface area contributed by atoms with E-state index in [1.54, 1.807) is 0 Å². The van der Waals surface area contributed by atoms with Gasteiger partial charge in [0.2, 0.25) is 0 Å².